The zero-order valence-corrected chi connectivity index (χ0v) is 15.2. The Kier molecular flexibility index (Phi) is 6.42. The van der Waals surface area contributed by atoms with Crippen LogP contribution in [-0.2, 0) is 4.79 Å². The van der Waals surface area contributed by atoms with Gasteiger partial charge in [-0.1, -0.05) is 18.2 Å². The summed E-state index contributed by atoms with van der Waals surface area (Å²) in [4.78, 5) is 13.7. The molecule has 25 heavy (non-hydrogen) atoms. The van der Waals surface area contributed by atoms with Crippen molar-refractivity contribution in [3.05, 3.63) is 59.2 Å². The number of likely N-dealkylation sites (N-methyl/N-ethyl adjacent to an activating group) is 1. The molecule has 0 aliphatic heterocycles. The van der Waals surface area contributed by atoms with Crippen LogP contribution in [0.1, 0.15) is 22.8 Å². The summed E-state index contributed by atoms with van der Waals surface area (Å²) < 4.78 is 10.7. The molecule has 1 amide bonds. The standard InChI is InChI=1S/C20H25NO4/c1-14-8-9-18(10-15(14)2)25-13-20(23)21(3)12-19(22)16-6-5-7-17(11-16)24-4/h5-11,19,22H,12-13H2,1-4H3. The van der Waals surface area contributed by atoms with Crippen LogP contribution in [0.15, 0.2) is 42.5 Å². The zero-order chi connectivity index (χ0) is 18.4. The fraction of sp³-hybridized carbons (Fsp3) is 0.350. The lowest BCUT2D eigenvalue weighted by atomic mass is 10.1. The number of hydrogen-bond acceptors (Lipinski definition) is 4. The summed E-state index contributed by atoms with van der Waals surface area (Å²) in [5, 5.41) is 10.3. The number of aryl methyl sites for hydroxylation is 2. The Morgan fingerprint density at radius 3 is 2.56 bits per heavy atom. The lowest BCUT2D eigenvalue weighted by Crippen LogP contribution is -2.34. The Balaban J connectivity index is 1.89. The zero-order valence-electron chi connectivity index (χ0n) is 15.2. The molecule has 0 aliphatic rings. The molecule has 1 unspecified atom stereocenters. The molecule has 0 saturated heterocycles. The molecule has 0 fully saturated rings. The van der Waals surface area contributed by atoms with Gasteiger partial charge in [-0.05, 0) is 54.8 Å². The predicted octanol–water partition coefficient (Wildman–Crippen LogP) is 2.88. The van der Waals surface area contributed by atoms with E-state index in [1.807, 2.05) is 44.2 Å². The summed E-state index contributed by atoms with van der Waals surface area (Å²) in [5.74, 6) is 1.14. The molecule has 134 valence electrons. The summed E-state index contributed by atoms with van der Waals surface area (Å²) in [5.41, 5.74) is 3.00. The molecule has 1 N–H and O–H groups in total. The van der Waals surface area contributed by atoms with E-state index in [0.29, 0.717) is 17.1 Å². The lowest BCUT2D eigenvalue weighted by molar-refractivity contribution is -0.133. The number of nitrogens with zero attached hydrogens (tertiary/aromatic N) is 1. The van der Waals surface area contributed by atoms with Crippen LogP contribution in [0.3, 0.4) is 0 Å². The first-order chi connectivity index (χ1) is 11.9. The second-order valence-corrected chi connectivity index (χ2v) is 6.10. The Bertz CT molecular complexity index is 729. The Morgan fingerprint density at radius 1 is 1.12 bits per heavy atom. The topological polar surface area (TPSA) is 59.0 Å². The van der Waals surface area contributed by atoms with E-state index in [-0.39, 0.29) is 19.1 Å². The number of rotatable bonds is 7. The summed E-state index contributed by atoms with van der Waals surface area (Å²) in [6, 6.07) is 12.9. The van der Waals surface area contributed by atoms with Gasteiger partial charge in [-0.25, -0.2) is 0 Å². The van der Waals surface area contributed by atoms with Crippen LogP contribution >= 0.6 is 0 Å². The summed E-state index contributed by atoms with van der Waals surface area (Å²) in [6.07, 6.45) is -0.786. The number of carbonyl (C=O) groups excluding carboxylic acids is 1. The predicted molar refractivity (Wildman–Crippen MR) is 97.0 cm³/mol. The van der Waals surface area contributed by atoms with Crippen LogP contribution in [0.2, 0.25) is 0 Å². The van der Waals surface area contributed by atoms with Crippen molar-refractivity contribution in [2.45, 2.75) is 20.0 Å². The third kappa shape index (κ3) is 5.22. The average Bonchev–Trinajstić information content (AvgIpc) is 2.62. The van der Waals surface area contributed by atoms with E-state index in [9.17, 15) is 9.90 Å². The first-order valence-electron chi connectivity index (χ1n) is 8.16. The smallest absolute Gasteiger partial charge is 0.260 e. The maximum Gasteiger partial charge on any atom is 0.260 e. The van der Waals surface area contributed by atoms with Crippen molar-refractivity contribution in [1.82, 2.24) is 4.90 Å². The molecule has 0 radical (unpaired) electrons. The number of carbonyl (C=O) groups is 1. The Hall–Kier alpha value is -2.53. The van der Waals surface area contributed by atoms with E-state index >= 15 is 0 Å². The van der Waals surface area contributed by atoms with Crippen molar-refractivity contribution in [2.75, 3.05) is 27.3 Å². The first kappa shape index (κ1) is 18.8. The maximum atomic E-state index is 12.2. The lowest BCUT2D eigenvalue weighted by Gasteiger charge is -2.21. The minimum Gasteiger partial charge on any atom is -0.497 e. The molecule has 5 heteroatoms. The molecular weight excluding hydrogens is 318 g/mol. The second-order valence-electron chi connectivity index (χ2n) is 6.10. The molecule has 2 aromatic carbocycles. The van der Waals surface area contributed by atoms with Gasteiger partial charge in [0, 0.05) is 7.05 Å². The van der Waals surface area contributed by atoms with Crippen molar-refractivity contribution in [2.24, 2.45) is 0 Å². The van der Waals surface area contributed by atoms with E-state index in [2.05, 4.69) is 0 Å². The molecule has 0 aliphatic carbocycles. The van der Waals surface area contributed by atoms with Crippen molar-refractivity contribution >= 4 is 5.91 Å². The third-order valence-electron chi connectivity index (χ3n) is 4.19. The van der Waals surface area contributed by atoms with Gasteiger partial charge in [0.05, 0.1) is 19.8 Å². The van der Waals surface area contributed by atoms with E-state index in [1.165, 1.54) is 10.5 Å². The highest BCUT2D eigenvalue weighted by Crippen LogP contribution is 2.20. The van der Waals surface area contributed by atoms with Gasteiger partial charge in [0.25, 0.3) is 5.91 Å². The molecular formula is C20H25NO4. The summed E-state index contributed by atoms with van der Waals surface area (Å²) >= 11 is 0. The minimum atomic E-state index is -0.786. The van der Waals surface area contributed by atoms with Gasteiger partial charge >= 0.3 is 0 Å². The third-order valence-corrected chi connectivity index (χ3v) is 4.19. The normalized spacial score (nSPS) is 11.7. The number of hydrogen-bond donors (Lipinski definition) is 1. The molecule has 0 aromatic heterocycles. The average molecular weight is 343 g/mol. The molecule has 2 rings (SSSR count). The van der Waals surface area contributed by atoms with Crippen molar-refractivity contribution < 1.29 is 19.4 Å². The highest BCUT2D eigenvalue weighted by Gasteiger charge is 2.16. The van der Waals surface area contributed by atoms with Gasteiger partial charge in [0.1, 0.15) is 11.5 Å². The van der Waals surface area contributed by atoms with Crippen LogP contribution in [0.25, 0.3) is 0 Å². The summed E-state index contributed by atoms with van der Waals surface area (Å²) in [7, 11) is 3.22. The Labute approximate surface area is 148 Å². The Morgan fingerprint density at radius 2 is 1.88 bits per heavy atom. The molecule has 0 bridgehead atoms. The van der Waals surface area contributed by atoms with Gasteiger partial charge in [0.2, 0.25) is 0 Å². The number of ether oxygens (including phenoxy) is 2. The molecule has 1 atom stereocenters. The summed E-state index contributed by atoms with van der Waals surface area (Å²) in [6.45, 7) is 4.14. The highest BCUT2D eigenvalue weighted by molar-refractivity contribution is 5.77. The van der Waals surface area contributed by atoms with E-state index < -0.39 is 6.10 Å². The number of benzene rings is 2. The van der Waals surface area contributed by atoms with Crippen LogP contribution in [0.5, 0.6) is 11.5 Å². The molecule has 0 spiro atoms. The number of amides is 1. The van der Waals surface area contributed by atoms with Crippen LogP contribution in [0.4, 0.5) is 0 Å². The van der Waals surface area contributed by atoms with Gasteiger partial charge in [-0.3, -0.25) is 4.79 Å². The van der Waals surface area contributed by atoms with Crippen molar-refractivity contribution in [1.29, 1.82) is 0 Å². The van der Waals surface area contributed by atoms with Crippen molar-refractivity contribution in [3.8, 4) is 11.5 Å². The SMILES string of the molecule is COc1cccc(C(O)CN(C)C(=O)COc2ccc(C)c(C)c2)c1. The van der Waals surface area contributed by atoms with Gasteiger partial charge in [-0.2, -0.15) is 0 Å². The highest BCUT2D eigenvalue weighted by atomic mass is 16.5. The fourth-order valence-electron chi connectivity index (χ4n) is 2.37. The van der Waals surface area contributed by atoms with E-state index in [4.69, 9.17) is 9.47 Å². The van der Waals surface area contributed by atoms with Gasteiger partial charge in [0.15, 0.2) is 6.61 Å². The van der Waals surface area contributed by atoms with Gasteiger partial charge in [-0.15, -0.1) is 0 Å². The van der Waals surface area contributed by atoms with Gasteiger partial charge < -0.3 is 19.5 Å². The molecule has 2 aromatic rings. The van der Waals surface area contributed by atoms with E-state index in [0.717, 1.165) is 5.56 Å². The monoisotopic (exact) mass is 343 g/mol. The quantitative estimate of drug-likeness (QED) is 0.840. The first-order valence-corrected chi connectivity index (χ1v) is 8.16. The second kappa shape index (κ2) is 8.53. The number of methoxy groups -OCH3 is 1. The molecule has 0 heterocycles. The molecule has 5 nitrogen and oxygen atoms in total. The maximum absolute atomic E-state index is 12.2. The number of aliphatic hydroxyl groups excluding tert-OH is 1. The van der Waals surface area contributed by atoms with Crippen LogP contribution in [0, 0.1) is 13.8 Å². The molecule has 0 saturated carbocycles. The van der Waals surface area contributed by atoms with Crippen LogP contribution in [-0.4, -0.2) is 43.2 Å². The van der Waals surface area contributed by atoms with Crippen molar-refractivity contribution in [3.63, 3.8) is 0 Å². The fourth-order valence-corrected chi connectivity index (χ4v) is 2.37. The number of aliphatic hydroxyl groups is 1. The minimum absolute atomic E-state index is 0.0656. The largest absolute Gasteiger partial charge is 0.497 e. The van der Waals surface area contributed by atoms with E-state index in [1.54, 1.807) is 26.3 Å². The van der Waals surface area contributed by atoms with Crippen LogP contribution < -0.4 is 9.47 Å².